The van der Waals surface area contributed by atoms with E-state index in [2.05, 4.69) is 21.3 Å². The standard InChI is InChI=1S/C26H30N4O2/c1-15-11-17(3)23(18(4)12-15)29-25(31)27-21-7-9-22(10-8-21)28-26(32)30-24-19(5)13-16(2)14-20(24)6/h7-14H,1-6H3,(H2,27,29,31)(H2,28,30,32). The lowest BCUT2D eigenvalue weighted by atomic mass is 10.1. The van der Waals surface area contributed by atoms with E-state index in [4.69, 9.17) is 0 Å². The molecule has 0 fully saturated rings. The summed E-state index contributed by atoms with van der Waals surface area (Å²) in [6.45, 7) is 12.0. The predicted octanol–water partition coefficient (Wildman–Crippen LogP) is 6.83. The quantitative estimate of drug-likeness (QED) is 0.366. The molecule has 0 aliphatic rings. The maximum absolute atomic E-state index is 12.4. The summed E-state index contributed by atoms with van der Waals surface area (Å²) in [5.41, 5.74) is 9.25. The summed E-state index contributed by atoms with van der Waals surface area (Å²) in [5, 5.41) is 11.5. The van der Waals surface area contributed by atoms with Gasteiger partial charge in [-0.25, -0.2) is 9.59 Å². The molecule has 0 radical (unpaired) electrons. The van der Waals surface area contributed by atoms with E-state index in [0.29, 0.717) is 11.4 Å². The third-order valence-electron chi connectivity index (χ3n) is 5.23. The van der Waals surface area contributed by atoms with Crippen molar-refractivity contribution < 1.29 is 9.59 Å². The molecule has 0 saturated heterocycles. The van der Waals surface area contributed by atoms with Crippen LogP contribution >= 0.6 is 0 Å². The molecule has 0 unspecified atom stereocenters. The second-order valence-electron chi connectivity index (χ2n) is 8.28. The first-order valence-corrected chi connectivity index (χ1v) is 10.5. The molecule has 4 amide bonds. The minimum Gasteiger partial charge on any atom is -0.308 e. The highest BCUT2D eigenvalue weighted by Crippen LogP contribution is 2.24. The maximum Gasteiger partial charge on any atom is 0.323 e. The first-order chi connectivity index (χ1) is 15.1. The second kappa shape index (κ2) is 9.56. The number of carbonyl (C=O) groups is 2. The van der Waals surface area contributed by atoms with E-state index < -0.39 is 0 Å². The zero-order valence-corrected chi connectivity index (χ0v) is 19.4. The van der Waals surface area contributed by atoms with Crippen molar-refractivity contribution in [2.24, 2.45) is 0 Å². The molecule has 0 bridgehead atoms. The van der Waals surface area contributed by atoms with Crippen LogP contribution in [0.2, 0.25) is 0 Å². The van der Waals surface area contributed by atoms with Gasteiger partial charge in [-0.3, -0.25) is 0 Å². The number of rotatable bonds is 4. The summed E-state index contributed by atoms with van der Waals surface area (Å²) >= 11 is 0. The Morgan fingerprint density at radius 1 is 0.500 bits per heavy atom. The number of aryl methyl sites for hydroxylation is 6. The molecule has 6 nitrogen and oxygen atoms in total. The Bertz CT molecular complexity index is 1030. The van der Waals surface area contributed by atoms with Crippen LogP contribution in [0.15, 0.2) is 48.5 Å². The van der Waals surface area contributed by atoms with Crippen molar-refractivity contribution in [3.8, 4) is 0 Å². The van der Waals surface area contributed by atoms with Gasteiger partial charge in [0, 0.05) is 22.7 Å². The number of anilines is 4. The molecule has 3 aromatic carbocycles. The molecule has 0 aliphatic carbocycles. The van der Waals surface area contributed by atoms with Crippen LogP contribution in [0.25, 0.3) is 0 Å². The van der Waals surface area contributed by atoms with E-state index in [0.717, 1.165) is 44.8 Å². The summed E-state index contributed by atoms with van der Waals surface area (Å²) in [6, 6.07) is 14.5. The lowest BCUT2D eigenvalue weighted by Crippen LogP contribution is -2.21. The zero-order chi connectivity index (χ0) is 23.4. The van der Waals surface area contributed by atoms with Gasteiger partial charge in [0.25, 0.3) is 0 Å². The lowest BCUT2D eigenvalue weighted by molar-refractivity contribution is 0.261. The molecule has 166 valence electrons. The van der Waals surface area contributed by atoms with E-state index in [1.807, 2.05) is 65.8 Å². The van der Waals surface area contributed by atoms with Crippen LogP contribution in [-0.2, 0) is 0 Å². The van der Waals surface area contributed by atoms with Gasteiger partial charge in [-0.15, -0.1) is 0 Å². The summed E-state index contributed by atoms with van der Waals surface area (Å²) in [7, 11) is 0. The van der Waals surface area contributed by atoms with Crippen molar-refractivity contribution >= 4 is 34.8 Å². The molecular formula is C26H30N4O2. The minimum atomic E-state index is -0.316. The molecular weight excluding hydrogens is 400 g/mol. The minimum absolute atomic E-state index is 0.316. The van der Waals surface area contributed by atoms with Gasteiger partial charge >= 0.3 is 12.1 Å². The number of urea groups is 2. The van der Waals surface area contributed by atoms with Gasteiger partial charge in [-0.1, -0.05) is 35.4 Å². The largest absolute Gasteiger partial charge is 0.323 e. The molecule has 0 atom stereocenters. The van der Waals surface area contributed by atoms with Crippen LogP contribution in [0.5, 0.6) is 0 Å². The van der Waals surface area contributed by atoms with E-state index in [-0.39, 0.29) is 12.1 Å². The van der Waals surface area contributed by atoms with Gasteiger partial charge in [0.2, 0.25) is 0 Å². The van der Waals surface area contributed by atoms with Gasteiger partial charge in [0.05, 0.1) is 0 Å². The fraction of sp³-hybridized carbons (Fsp3) is 0.231. The van der Waals surface area contributed by atoms with Crippen LogP contribution in [0.3, 0.4) is 0 Å². The normalized spacial score (nSPS) is 10.4. The molecule has 3 aromatic rings. The van der Waals surface area contributed by atoms with Crippen LogP contribution in [-0.4, -0.2) is 12.1 Å². The first-order valence-electron chi connectivity index (χ1n) is 10.5. The molecule has 32 heavy (non-hydrogen) atoms. The average Bonchev–Trinajstić information content (AvgIpc) is 2.69. The predicted molar refractivity (Wildman–Crippen MR) is 133 cm³/mol. The van der Waals surface area contributed by atoms with Crippen molar-refractivity contribution in [3.63, 3.8) is 0 Å². The second-order valence-corrected chi connectivity index (χ2v) is 8.28. The van der Waals surface area contributed by atoms with E-state index in [1.54, 1.807) is 24.3 Å². The molecule has 6 heteroatoms. The third-order valence-corrected chi connectivity index (χ3v) is 5.23. The molecule has 0 saturated carbocycles. The SMILES string of the molecule is Cc1cc(C)c(NC(=O)Nc2ccc(NC(=O)Nc3c(C)cc(C)cc3C)cc2)c(C)c1. The summed E-state index contributed by atoms with van der Waals surface area (Å²) in [6.07, 6.45) is 0. The first kappa shape index (κ1) is 22.9. The Balaban J connectivity index is 1.59. The lowest BCUT2D eigenvalue weighted by Gasteiger charge is -2.15. The molecule has 0 heterocycles. The van der Waals surface area contributed by atoms with Crippen LogP contribution in [0.1, 0.15) is 33.4 Å². The van der Waals surface area contributed by atoms with Crippen LogP contribution < -0.4 is 21.3 Å². The van der Waals surface area contributed by atoms with Crippen molar-refractivity contribution in [2.45, 2.75) is 41.5 Å². The van der Waals surface area contributed by atoms with Gasteiger partial charge in [-0.2, -0.15) is 0 Å². The molecule has 0 aromatic heterocycles. The topological polar surface area (TPSA) is 82.3 Å². The Labute approximate surface area is 189 Å². The fourth-order valence-electron chi connectivity index (χ4n) is 3.94. The molecule has 4 N–H and O–H groups in total. The van der Waals surface area contributed by atoms with Crippen molar-refractivity contribution in [2.75, 3.05) is 21.3 Å². The average molecular weight is 431 g/mol. The number of benzene rings is 3. The summed E-state index contributed by atoms with van der Waals surface area (Å²) in [5.74, 6) is 0. The van der Waals surface area contributed by atoms with Crippen molar-refractivity contribution in [1.82, 2.24) is 0 Å². The van der Waals surface area contributed by atoms with Gasteiger partial charge in [-0.05, 0) is 88.1 Å². The van der Waals surface area contributed by atoms with E-state index >= 15 is 0 Å². The summed E-state index contributed by atoms with van der Waals surface area (Å²) in [4.78, 5) is 24.8. The highest BCUT2D eigenvalue weighted by atomic mass is 16.2. The maximum atomic E-state index is 12.4. The smallest absolute Gasteiger partial charge is 0.308 e. The highest BCUT2D eigenvalue weighted by molar-refractivity contribution is 6.02. The van der Waals surface area contributed by atoms with Gasteiger partial charge in [0.15, 0.2) is 0 Å². The van der Waals surface area contributed by atoms with Crippen LogP contribution in [0.4, 0.5) is 32.3 Å². The Hall–Kier alpha value is -3.80. The Morgan fingerprint density at radius 3 is 1.06 bits per heavy atom. The summed E-state index contributed by atoms with van der Waals surface area (Å²) < 4.78 is 0. The number of nitrogens with one attached hydrogen (secondary N) is 4. The molecule has 0 spiro atoms. The Morgan fingerprint density at radius 2 is 0.781 bits per heavy atom. The van der Waals surface area contributed by atoms with Gasteiger partial charge < -0.3 is 21.3 Å². The third kappa shape index (κ3) is 5.66. The van der Waals surface area contributed by atoms with Crippen molar-refractivity contribution in [1.29, 1.82) is 0 Å². The number of amides is 4. The number of hydrogen-bond donors (Lipinski definition) is 4. The Kier molecular flexibility index (Phi) is 6.83. The van der Waals surface area contributed by atoms with E-state index in [9.17, 15) is 9.59 Å². The number of hydrogen-bond acceptors (Lipinski definition) is 2. The zero-order valence-electron chi connectivity index (χ0n) is 19.4. The monoisotopic (exact) mass is 430 g/mol. The van der Waals surface area contributed by atoms with E-state index in [1.165, 1.54) is 0 Å². The van der Waals surface area contributed by atoms with Crippen LogP contribution in [0, 0.1) is 41.5 Å². The van der Waals surface area contributed by atoms with Gasteiger partial charge in [0.1, 0.15) is 0 Å². The van der Waals surface area contributed by atoms with Crippen molar-refractivity contribution in [3.05, 3.63) is 81.9 Å². The fourth-order valence-corrected chi connectivity index (χ4v) is 3.94. The number of carbonyl (C=O) groups excluding carboxylic acids is 2. The molecule has 0 aliphatic heterocycles. The highest BCUT2D eigenvalue weighted by Gasteiger charge is 2.10. The molecule has 3 rings (SSSR count).